The van der Waals surface area contributed by atoms with Gasteiger partial charge in [-0.2, -0.15) is 0 Å². The van der Waals surface area contributed by atoms with Gasteiger partial charge in [0.05, 0.1) is 0 Å². The Labute approximate surface area is 101 Å². The van der Waals surface area contributed by atoms with Crippen LogP contribution in [0.2, 0.25) is 0 Å². The second-order valence-corrected chi connectivity index (χ2v) is 1.68. The zero-order valence-corrected chi connectivity index (χ0v) is 9.40. The summed E-state index contributed by atoms with van der Waals surface area (Å²) in [4.78, 5) is 14.7. The molecule has 0 fully saturated rings. The molecule has 0 atom stereocenters. The summed E-state index contributed by atoms with van der Waals surface area (Å²) in [6, 6.07) is 0. The van der Waals surface area contributed by atoms with E-state index in [1.807, 2.05) is 0 Å². The smallest absolute Gasteiger partial charge is 1.00 e. The van der Waals surface area contributed by atoms with Gasteiger partial charge in [0.2, 0.25) is 0 Å². The first kappa shape index (κ1) is 16.7. The molecule has 2 N–H and O–H groups in total. The minimum Gasteiger partial charge on any atom is -1.00 e. The molecule has 0 aliphatic rings. The van der Waals surface area contributed by atoms with Crippen LogP contribution >= 0.6 is 7.82 Å². The van der Waals surface area contributed by atoms with Crippen LogP contribution in [0.25, 0.3) is 0 Å². The molecule has 0 aromatic rings. The van der Waals surface area contributed by atoms with Gasteiger partial charge >= 0.3 is 59.2 Å². The zero-order chi connectivity index (χ0) is 5.21. The molecular formula is H3FKO4PV. The van der Waals surface area contributed by atoms with Crippen LogP contribution in [-0.4, -0.2) is 9.79 Å². The Morgan fingerprint density at radius 1 is 1.62 bits per heavy atom. The quantitative estimate of drug-likeness (QED) is 0.357. The first-order valence-corrected chi connectivity index (χ1v) is 2.45. The molecular weight excluding hydrogens is 204 g/mol. The van der Waals surface area contributed by atoms with Crippen molar-refractivity contribution in [2.24, 2.45) is 0 Å². The number of rotatable bonds is 1. The predicted molar refractivity (Wildman–Crippen MR) is 15.3 cm³/mol. The summed E-state index contributed by atoms with van der Waals surface area (Å²) in [7, 11) is -4.81. The molecule has 0 rings (SSSR count). The Morgan fingerprint density at radius 3 is 1.75 bits per heavy atom. The summed E-state index contributed by atoms with van der Waals surface area (Å²) in [5.74, 6) is 0. The Balaban J connectivity index is -0.0000000417. The largest absolute Gasteiger partial charge is 1.00 e. The summed E-state index contributed by atoms with van der Waals surface area (Å²) in [5, 5.41) is 0. The van der Waals surface area contributed by atoms with Gasteiger partial charge in [0, 0.05) is 18.6 Å². The molecule has 45 valence electrons. The number of phosphoric acid groups is 1. The van der Waals surface area contributed by atoms with E-state index in [1.165, 1.54) is 0 Å². The SMILES string of the molecule is O=P(O)(O)OF.[H-].[K+].[V]. The molecule has 0 aromatic heterocycles. The molecule has 8 heavy (non-hydrogen) atoms. The molecule has 0 saturated heterocycles. The van der Waals surface area contributed by atoms with Gasteiger partial charge in [0.25, 0.3) is 0 Å². The zero-order valence-electron chi connectivity index (χ0n) is 4.98. The van der Waals surface area contributed by atoms with Crippen LogP contribution in [0.1, 0.15) is 1.43 Å². The van der Waals surface area contributed by atoms with Crippen molar-refractivity contribution in [1.82, 2.24) is 0 Å². The van der Waals surface area contributed by atoms with Gasteiger partial charge in [-0.25, -0.2) is 4.57 Å². The van der Waals surface area contributed by atoms with E-state index in [9.17, 15) is 4.53 Å². The van der Waals surface area contributed by atoms with E-state index in [0.717, 1.165) is 0 Å². The maximum Gasteiger partial charge on any atom is 1.00 e. The molecule has 0 aliphatic heterocycles. The second-order valence-electron chi connectivity index (χ2n) is 0.560. The maximum absolute atomic E-state index is 10.2. The molecule has 0 heterocycles. The van der Waals surface area contributed by atoms with E-state index < -0.39 is 7.82 Å². The third-order valence-corrected chi connectivity index (χ3v) is 0.270. The second kappa shape index (κ2) is 7.37. The van der Waals surface area contributed by atoms with Crippen molar-refractivity contribution < 1.29 is 95.0 Å². The van der Waals surface area contributed by atoms with Crippen LogP contribution in [0, 0.1) is 0 Å². The molecule has 0 saturated carbocycles. The topological polar surface area (TPSA) is 66.8 Å². The fourth-order valence-electron chi connectivity index (χ4n) is 0. The third-order valence-electron chi connectivity index (χ3n) is 0.0899. The van der Waals surface area contributed by atoms with E-state index >= 15 is 0 Å². The first-order chi connectivity index (χ1) is 2.56. The van der Waals surface area contributed by atoms with Crippen LogP contribution in [0.5, 0.6) is 0 Å². The van der Waals surface area contributed by atoms with Gasteiger partial charge < -0.3 is 11.2 Å². The van der Waals surface area contributed by atoms with Gasteiger partial charge in [-0.1, -0.05) is 4.73 Å². The minimum atomic E-state index is -4.81. The molecule has 0 aromatic carbocycles. The Bertz CT molecular complexity index is 84.6. The van der Waals surface area contributed by atoms with Gasteiger partial charge in [-0.05, 0) is 4.53 Å². The third kappa shape index (κ3) is 15.7. The predicted octanol–water partition coefficient (Wildman–Crippen LogP) is -2.91. The van der Waals surface area contributed by atoms with Gasteiger partial charge in [-0.15, -0.1) is 0 Å². The Kier molecular flexibility index (Phi) is 15.4. The molecule has 0 spiro atoms. The molecule has 1 radical (unpaired) electrons. The number of halogens is 1. The number of hydrogen-bond donors (Lipinski definition) is 2. The maximum atomic E-state index is 10.2. The van der Waals surface area contributed by atoms with E-state index in [1.54, 1.807) is 0 Å². The molecule has 4 nitrogen and oxygen atoms in total. The van der Waals surface area contributed by atoms with Crippen molar-refractivity contribution in [2.75, 3.05) is 0 Å². The van der Waals surface area contributed by atoms with Crippen molar-refractivity contribution in [3.63, 3.8) is 0 Å². The van der Waals surface area contributed by atoms with Crippen molar-refractivity contribution in [3.05, 3.63) is 0 Å². The van der Waals surface area contributed by atoms with E-state index in [2.05, 4.69) is 4.73 Å². The molecule has 0 bridgehead atoms. The van der Waals surface area contributed by atoms with Crippen LogP contribution in [0.4, 0.5) is 4.53 Å². The summed E-state index contributed by atoms with van der Waals surface area (Å²) in [6.45, 7) is 0. The Morgan fingerprint density at radius 2 is 1.75 bits per heavy atom. The fraction of sp³-hybridized carbons (Fsp3) is 0. The summed E-state index contributed by atoms with van der Waals surface area (Å²) in [6.07, 6.45) is 0. The normalized spacial score (nSPS) is 8.88. The van der Waals surface area contributed by atoms with Crippen LogP contribution in [-0.2, 0) is 27.8 Å². The van der Waals surface area contributed by atoms with Crippen molar-refractivity contribution in [2.45, 2.75) is 0 Å². The summed E-state index contributed by atoms with van der Waals surface area (Å²) < 4.78 is 21.4. The first-order valence-electron chi connectivity index (χ1n) is 0.919. The summed E-state index contributed by atoms with van der Waals surface area (Å²) in [5.41, 5.74) is 0. The standard InChI is InChI=1S/FH2O4P.K.V.H/c1-5-6(2,3)4;;;/h(H2,2,3,4);;;/q;+1;;-1. The Hall–Kier alpha value is 2.26. The van der Waals surface area contributed by atoms with Crippen molar-refractivity contribution in [1.29, 1.82) is 0 Å². The number of hydrogen-bond acceptors (Lipinski definition) is 2. The average Bonchev–Trinajstić information content (AvgIpc) is 1.35. The van der Waals surface area contributed by atoms with Gasteiger partial charge in [0.1, 0.15) is 0 Å². The monoisotopic (exact) mass is 207 g/mol. The van der Waals surface area contributed by atoms with E-state index in [0.29, 0.717) is 0 Å². The molecule has 8 heteroatoms. The molecule has 0 aliphatic carbocycles. The average molecular weight is 207 g/mol. The van der Waals surface area contributed by atoms with E-state index in [-0.39, 0.29) is 71.4 Å². The van der Waals surface area contributed by atoms with Crippen molar-refractivity contribution in [3.8, 4) is 0 Å². The molecule has 0 amide bonds. The van der Waals surface area contributed by atoms with E-state index in [4.69, 9.17) is 14.4 Å². The minimum absolute atomic E-state index is 0. The van der Waals surface area contributed by atoms with Crippen LogP contribution < -0.4 is 51.4 Å². The van der Waals surface area contributed by atoms with Gasteiger partial charge in [0.15, 0.2) is 0 Å². The van der Waals surface area contributed by atoms with Crippen molar-refractivity contribution >= 4 is 7.82 Å². The summed E-state index contributed by atoms with van der Waals surface area (Å²) >= 11 is 0. The van der Waals surface area contributed by atoms with Crippen LogP contribution in [0.3, 0.4) is 0 Å². The fourth-order valence-corrected chi connectivity index (χ4v) is 0. The molecule has 0 unspecified atom stereocenters. The van der Waals surface area contributed by atoms with Gasteiger partial charge in [-0.3, -0.25) is 0 Å². The van der Waals surface area contributed by atoms with Crippen LogP contribution in [0.15, 0.2) is 0 Å².